The highest BCUT2D eigenvalue weighted by Gasteiger charge is 2.29. The molecule has 3 heterocycles. The summed E-state index contributed by atoms with van der Waals surface area (Å²) in [4.78, 5) is 39.0. The van der Waals surface area contributed by atoms with Gasteiger partial charge < -0.3 is 15.1 Å². The topological polar surface area (TPSA) is 78.4 Å². The Bertz CT molecular complexity index is 861. The molecule has 2 aliphatic rings. The van der Waals surface area contributed by atoms with Crippen LogP contribution in [0.5, 0.6) is 0 Å². The summed E-state index contributed by atoms with van der Waals surface area (Å²) in [5, 5.41) is 4.06. The zero-order valence-electron chi connectivity index (χ0n) is 16.8. The van der Waals surface area contributed by atoms with Gasteiger partial charge in [-0.1, -0.05) is 13.0 Å². The van der Waals surface area contributed by atoms with Crippen LogP contribution in [0.25, 0.3) is 0 Å². The average molecular weight is 414 g/mol. The molecule has 1 aliphatic heterocycles. The first kappa shape index (κ1) is 19.8. The normalized spacial score (nSPS) is 19.0. The maximum Gasteiger partial charge on any atom is 0.223 e. The predicted octanol–water partition coefficient (Wildman–Crippen LogP) is 2.02. The molecule has 1 atom stereocenters. The van der Waals surface area contributed by atoms with E-state index < -0.39 is 0 Å². The molecule has 2 aromatic rings. The van der Waals surface area contributed by atoms with E-state index in [2.05, 4.69) is 15.2 Å². The average Bonchev–Trinajstić information content (AvgIpc) is 3.21. The van der Waals surface area contributed by atoms with E-state index in [1.165, 1.54) is 4.88 Å². The number of piperazine rings is 1. The van der Waals surface area contributed by atoms with E-state index in [1.807, 2.05) is 30.0 Å². The lowest BCUT2D eigenvalue weighted by Crippen LogP contribution is -2.48. The van der Waals surface area contributed by atoms with Crippen LogP contribution in [-0.4, -0.2) is 52.9 Å². The molecule has 0 radical (unpaired) electrons. The van der Waals surface area contributed by atoms with E-state index >= 15 is 0 Å². The second kappa shape index (κ2) is 8.90. The van der Waals surface area contributed by atoms with Crippen LogP contribution in [0.15, 0.2) is 24.4 Å². The number of anilines is 1. The van der Waals surface area contributed by atoms with Crippen LogP contribution in [0.3, 0.4) is 0 Å². The fraction of sp³-hybridized carbons (Fsp3) is 0.524. The van der Waals surface area contributed by atoms with Gasteiger partial charge in [-0.05, 0) is 31.4 Å². The van der Waals surface area contributed by atoms with Crippen molar-refractivity contribution in [2.75, 3.05) is 31.1 Å². The molecule has 2 amide bonds. The van der Waals surface area contributed by atoms with Gasteiger partial charge in [-0.2, -0.15) is 0 Å². The predicted molar refractivity (Wildman–Crippen MR) is 113 cm³/mol. The minimum atomic E-state index is -0.00136. The lowest BCUT2D eigenvalue weighted by molar-refractivity contribution is -0.131. The Labute approximate surface area is 175 Å². The monoisotopic (exact) mass is 413 g/mol. The molecule has 8 heteroatoms. The Balaban J connectivity index is 1.33. The van der Waals surface area contributed by atoms with Crippen molar-refractivity contribution in [3.05, 3.63) is 40.7 Å². The first-order valence-corrected chi connectivity index (χ1v) is 11.1. The number of aryl methyl sites for hydroxylation is 1. The lowest BCUT2D eigenvalue weighted by atomic mass is 9.90. The smallest absolute Gasteiger partial charge is 0.223 e. The quantitative estimate of drug-likeness (QED) is 0.811. The summed E-state index contributed by atoms with van der Waals surface area (Å²) >= 11 is 1.71. The highest BCUT2D eigenvalue weighted by atomic mass is 32.1. The molecule has 0 spiro atoms. The molecule has 154 valence electrons. The SMILES string of the molecule is CCC(=O)N1CCN(c2nc3c(s2)C[C@@H](C(=O)NCc2ccccn2)CC3)CC1. The molecule has 29 heavy (non-hydrogen) atoms. The van der Waals surface area contributed by atoms with Crippen molar-refractivity contribution in [1.82, 2.24) is 20.2 Å². The van der Waals surface area contributed by atoms with Crippen LogP contribution in [0.1, 0.15) is 36.0 Å². The summed E-state index contributed by atoms with van der Waals surface area (Å²) in [5.74, 6) is 0.323. The molecule has 0 aromatic carbocycles. The molecule has 0 bridgehead atoms. The van der Waals surface area contributed by atoms with Crippen molar-refractivity contribution in [3.8, 4) is 0 Å². The number of rotatable bonds is 5. The van der Waals surface area contributed by atoms with Crippen molar-refractivity contribution in [2.24, 2.45) is 5.92 Å². The molecular weight excluding hydrogens is 386 g/mol. The Morgan fingerprint density at radius 3 is 2.79 bits per heavy atom. The van der Waals surface area contributed by atoms with Gasteiger partial charge in [-0.25, -0.2) is 4.98 Å². The molecule has 1 aliphatic carbocycles. The molecule has 0 unspecified atom stereocenters. The van der Waals surface area contributed by atoms with Crippen molar-refractivity contribution in [1.29, 1.82) is 0 Å². The summed E-state index contributed by atoms with van der Waals surface area (Å²) in [6.45, 7) is 5.55. The van der Waals surface area contributed by atoms with E-state index in [0.29, 0.717) is 13.0 Å². The number of carbonyl (C=O) groups is 2. The number of thiazole rings is 1. The van der Waals surface area contributed by atoms with Gasteiger partial charge in [-0.3, -0.25) is 14.6 Å². The van der Waals surface area contributed by atoms with Gasteiger partial charge in [0, 0.05) is 49.6 Å². The number of hydrogen-bond donors (Lipinski definition) is 1. The van der Waals surface area contributed by atoms with Crippen LogP contribution >= 0.6 is 11.3 Å². The molecule has 4 rings (SSSR count). The zero-order chi connectivity index (χ0) is 20.2. The van der Waals surface area contributed by atoms with Crippen LogP contribution in [0, 0.1) is 5.92 Å². The van der Waals surface area contributed by atoms with Gasteiger partial charge in [0.15, 0.2) is 5.13 Å². The number of hydrogen-bond acceptors (Lipinski definition) is 6. The first-order chi connectivity index (χ1) is 14.1. The molecule has 1 N–H and O–H groups in total. The summed E-state index contributed by atoms with van der Waals surface area (Å²) in [5.41, 5.74) is 2.02. The number of amides is 2. The molecule has 0 saturated carbocycles. The fourth-order valence-electron chi connectivity index (χ4n) is 3.92. The van der Waals surface area contributed by atoms with Crippen LogP contribution in [-0.2, 0) is 29.0 Å². The van der Waals surface area contributed by atoms with E-state index in [4.69, 9.17) is 4.98 Å². The maximum atomic E-state index is 12.6. The van der Waals surface area contributed by atoms with Crippen molar-refractivity contribution in [3.63, 3.8) is 0 Å². The molecule has 1 saturated heterocycles. The lowest BCUT2D eigenvalue weighted by Gasteiger charge is -2.34. The molecule has 1 fully saturated rings. The van der Waals surface area contributed by atoms with Crippen molar-refractivity contribution in [2.45, 2.75) is 39.2 Å². The minimum absolute atomic E-state index is 0.00136. The van der Waals surface area contributed by atoms with Crippen LogP contribution in [0.4, 0.5) is 5.13 Å². The number of aromatic nitrogens is 2. The summed E-state index contributed by atoms with van der Waals surface area (Å²) < 4.78 is 0. The van der Waals surface area contributed by atoms with Gasteiger partial charge >= 0.3 is 0 Å². The summed E-state index contributed by atoms with van der Waals surface area (Å²) in [6.07, 6.45) is 4.75. The third-order valence-electron chi connectivity index (χ3n) is 5.67. The highest BCUT2D eigenvalue weighted by Crippen LogP contribution is 2.34. The van der Waals surface area contributed by atoms with Crippen LogP contribution < -0.4 is 10.2 Å². The third-order valence-corrected chi connectivity index (χ3v) is 6.86. The van der Waals surface area contributed by atoms with E-state index in [9.17, 15) is 9.59 Å². The maximum absolute atomic E-state index is 12.6. The van der Waals surface area contributed by atoms with Gasteiger partial charge in [0.2, 0.25) is 11.8 Å². The second-order valence-corrected chi connectivity index (χ2v) is 8.63. The van der Waals surface area contributed by atoms with E-state index in [0.717, 1.165) is 62.0 Å². The van der Waals surface area contributed by atoms with E-state index in [1.54, 1.807) is 17.5 Å². The van der Waals surface area contributed by atoms with Crippen molar-refractivity contribution >= 4 is 28.3 Å². The van der Waals surface area contributed by atoms with Gasteiger partial charge in [0.1, 0.15) is 0 Å². The molecule has 2 aromatic heterocycles. The number of nitrogens with zero attached hydrogens (tertiary/aromatic N) is 4. The fourth-order valence-corrected chi connectivity index (χ4v) is 5.15. The van der Waals surface area contributed by atoms with Crippen LogP contribution in [0.2, 0.25) is 0 Å². The third kappa shape index (κ3) is 4.58. The first-order valence-electron chi connectivity index (χ1n) is 10.3. The number of fused-ring (bicyclic) bond motifs is 1. The van der Waals surface area contributed by atoms with Gasteiger partial charge in [0.25, 0.3) is 0 Å². The Kier molecular flexibility index (Phi) is 6.08. The largest absolute Gasteiger partial charge is 0.350 e. The number of pyridine rings is 1. The second-order valence-electron chi connectivity index (χ2n) is 7.57. The Morgan fingerprint density at radius 2 is 2.07 bits per heavy atom. The zero-order valence-corrected chi connectivity index (χ0v) is 17.6. The minimum Gasteiger partial charge on any atom is -0.350 e. The highest BCUT2D eigenvalue weighted by molar-refractivity contribution is 7.15. The van der Waals surface area contributed by atoms with Gasteiger partial charge in [0.05, 0.1) is 17.9 Å². The Hall–Kier alpha value is -2.48. The van der Waals surface area contributed by atoms with E-state index in [-0.39, 0.29) is 17.7 Å². The van der Waals surface area contributed by atoms with Crippen molar-refractivity contribution < 1.29 is 9.59 Å². The standard InChI is InChI=1S/C21H27N5O2S/c1-2-19(27)25-9-11-26(12-10-25)21-24-17-7-6-15(13-18(17)29-21)20(28)23-14-16-5-3-4-8-22-16/h3-5,8,15H,2,6-7,9-14H2,1H3,(H,23,28)/t15-/m0/s1. The summed E-state index contributed by atoms with van der Waals surface area (Å²) in [7, 11) is 0. The molecular formula is C21H27N5O2S. The van der Waals surface area contributed by atoms with Gasteiger partial charge in [-0.15, -0.1) is 11.3 Å². The number of nitrogens with one attached hydrogen (secondary N) is 1. The Morgan fingerprint density at radius 1 is 1.24 bits per heavy atom. The summed E-state index contributed by atoms with van der Waals surface area (Å²) in [6, 6.07) is 5.72. The number of carbonyl (C=O) groups excluding carboxylic acids is 2. The molecule has 7 nitrogen and oxygen atoms in total.